The Hall–Kier alpha value is -1.23. The van der Waals surface area contributed by atoms with Gasteiger partial charge >= 0.3 is 0 Å². The van der Waals surface area contributed by atoms with Crippen molar-refractivity contribution in [3.05, 3.63) is 52.0 Å². The Labute approximate surface area is 130 Å². The van der Waals surface area contributed by atoms with E-state index in [-0.39, 0.29) is 0 Å². The summed E-state index contributed by atoms with van der Waals surface area (Å²) < 4.78 is 0. The van der Waals surface area contributed by atoms with Crippen LogP contribution in [0.3, 0.4) is 0 Å². The van der Waals surface area contributed by atoms with Crippen molar-refractivity contribution in [3.63, 3.8) is 0 Å². The molecule has 0 spiro atoms. The number of thiazole rings is 1. The second-order valence-electron chi connectivity index (χ2n) is 5.67. The van der Waals surface area contributed by atoms with Gasteiger partial charge in [-0.25, -0.2) is 4.98 Å². The van der Waals surface area contributed by atoms with Crippen molar-refractivity contribution in [2.24, 2.45) is 0 Å². The van der Waals surface area contributed by atoms with Crippen molar-refractivity contribution >= 4 is 11.3 Å². The van der Waals surface area contributed by atoms with Gasteiger partial charge in [0.05, 0.1) is 16.8 Å². The van der Waals surface area contributed by atoms with Gasteiger partial charge in [0, 0.05) is 11.3 Å². The normalized spacial score (nSPS) is 17.8. The van der Waals surface area contributed by atoms with Gasteiger partial charge in [0.1, 0.15) is 0 Å². The van der Waals surface area contributed by atoms with Crippen molar-refractivity contribution in [2.75, 3.05) is 13.1 Å². The van der Waals surface area contributed by atoms with Gasteiger partial charge in [0.15, 0.2) is 0 Å². The number of aliphatic hydroxyl groups excluding tert-OH is 1. The summed E-state index contributed by atoms with van der Waals surface area (Å²) in [6.45, 7) is 2.16. The van der Waals surface area contributed by atoms with E-state index in [1.165, 1.54) is 10.6 Å². The molecular weight excluding hydrogens is 280 g/mol. The maximum atomic E-state index is 10.3. The number of nitrogens with zero attached hydrogens (tertiary/aromatic N) is 1. The highest BCUT2D eigenvalue weighted by molar-refractivity contribution is 7.09. The minimum atomic E-state index is -0.447. The quantitative estimate of drug-likeness (QED) is 0.891. The molecule has 3 rings (SSSR count). The molecule has 1 aromatic heterocycles. The van der Waals surface area contributed by atoms with Crippen LogP contribution in [0.15, 0.2) is 35.7 Å². The minimum Gasteiger partial charge on any atom is -0.387 e. The van der Waals surface area contributed by atoms with Crippen LogP contribution in [0.1, 0.15) is 47.5 Å². The molecule has 4 heteroatoms. The fourth-order valence-corrected chi connectivity index (χ4v) is 3.84. The third-order valence-electron chi connectivity index (χ3n) is 4.12. The lowest BCUT2D eigenvalue weighted by Crippen LogP contribution is -2.26. The maximum Gasteiger partial charge on any atom is 0.0971 e. The fraction of sp³-hybridized carbons (Fsp3) is 0.471. The average molecular weight is 302 g/mol. The van der Waals surface area contributed by atoms with Crippen LogP contribution in [0.4, 0.5) is 0 Å². The topological polar surface area (TPSA) is 45.1 Å². The monoisotopic (exact) mass is 302 g/mol. The first kappa shape index (κ1) is 14.7. The Balaban J connectivity index is 1.57. The van der Waals surface area contributed by atoms with Gasteiger partial charge in [-0.2, -0.15) is 0 Å². The first-order chi connectivity index (χ1) is 10.3. The summed E-state index contributed by atoms with van der Waals surface area (Å²) in [5.41, 5.74) is 2.12. The summed E-state index contributed by atoms with van der Waals surface area (Å²) >= 11 is 1.71. The average Bonchev–Trinajstić information content (AvgIpc) is 3.04. The van der Waals surface area contributed by atoms with Gasteiger partial charge in [-0.3, -0.25) is 0 Å². The summed E-state index contributed by atoms with van der Waals surface area (Å²) in [6.07, 6.45) is 3.50. The van der Waals surface area contributed by atoms with E-state index in [4.69, 9.17) is 0 Å². The molecule has 0 radical (unpaired) electrons. The molecule has 21 heavy (non-hydrogen) atoms. The van der Waals surface area contributed by atoms with Crippen LogP contribution in [0.2, 0.25) is 0 Å². The predicted molar refractivity (Wildman–Crippen MR) is 86.7 cm³/mol. The van der Waals surface area contributed by atoms with Crippen molar-refractivity contribution in [1.82, 2.24) is 10.3 Å². The lowest BCUT2D eigenvalue weighted by molar-refractivity contribution is 0.163. The molecule has 1 saturated heterocycles. The lowest BCUT2D eigenvalue weighted by Gasteiger charge is -2.20. The Morgan fingerprint density at radius 2 is 2.00 bits per heavy atom. The van der Waals surface area contributed by atoms with Crippen molar-refractivity contribution in [2.45, 2.75) is 37.7 Å². The number of aliphatic hydroxyl groups is 1. The highest BCUT2D eigenvalue weighted by Gasteiger charge is 2.20. The third kappa shape index (κ3) is 3.90. The smallest absolute Gasteiger partial charge is 0.0971 e. The summed E-state index contributed by atoms with van der Waals surface area (Å²) in [5.74, 6) is 0.575. The van der Waals surface area contributed by atoms with Gasteiger partial charge in [0.2, 0.25) is 0 Å². The van der Waals surface area contributed by atoms with E-state index in [0.29, 0.717) is 5.92 Å². The van der Waals surface area contributed by atoms with Crippen molar-refractivity contribution in [1.29, 1.82) is 0 Å². The van der Waals surface area contributed by atoms with E-state index >= 15 is 0 Å². The molecule has 0 bridgehead atoms. The van der Waals surface area contributed by atoms with Crippen LogP contribution in [0.25, 0.3) is 0 Å². The third-order valence-corrected chi connectivity index (χ3v) is 5.14. The number of aromatic nitrogens is 1. The molecule has 1 atom stereocenters. The summed E-state index contributed by atoms with van der Waals surface area (Å²) in [4.78, 5) is 4.69. The molecule has 2 N–H and O–H groups in total. The zero-order chi connectivity index (χ0) is 14.5. The Morgan fingerprint density at radius 1 is 1.24 bits per heavy atom. The fourth-order valence-electron chi connectivity index (χ4n) is 2.81. The Morgan fingerprint density at radius 3 is 2.76 bits per heavy atom. The van der Waals surface area contributed by atoms with E-state index in [0.717, 1.165) is 44.5 Å². The zero-order valence-corrected chi connectivity index (χ0v) is 13.0. The van der Waals surface area contributed by atoms with Crippen LogP contribution in [0, 0.1) is 0 Å². The molecule has 0 amide bonds. The van der Waals surface area contributed by atoms with Crippen LogP contribution in [-0.4, -0.2) is 23.2 Å². The highest BCUT2D eigenvalue weighted by atomic mass is 32.1. The summed E-state index contributed by atoms with van der Waals surface area (Å²) in [5, 5.41) is 16.9. The van der Waals surface area contributed by atoms with Gasteiger partial charge in [-0.1, -0.05) is 30.3 Å². The molecule has 0 saturated carbocycles. The van der Waals surface area contributed by atoms with Crippen LogP contribution in [0.5, 0.6) is 0 Å². The molecule has 1 fully saturated rings. The zero-order valence-electron chi connectivity index (χ0n) is 12.2. The Bertz CT molecular complexity index is 549. The first-order valence-electron chi connectivity index (χ1n) is 7.71. The van der Waals surface area contributed by atoms with E-state index in [9.17, 15) is 5.11 Å². The largest absolute Gasteiger partial charge is 0.387 e. The molecule has 0 aliphatic carbocycles. The molecular formula is C17H22N2OS. The number of aryl methyl sites for hydroxylation is 1. The van der Waals surface area contributed by atoms with Crippen molar-refractivity contribution in [3.8, 4) is 0 Å². The number of hydrogen-bond acceptors (Lipinski definition) is 4. The van der Waals surface area contributed by atoms with E-state index in [1.54, 1.807) is 11.3 Å². The number of benzene rings is 1. The van der Waals surface area contributed by atoms with E-state index in [2.05, 4.69) is 22.4 Å². The van der Waals surface area contributed by atoms with E-state index in [1.807, 2.05) is 23.6 Å². The summed E-state index contributed by atoms with van der Waals surface area (Å²) in [7, 11) is 0. The maximum absolute atomic E-state index is 10.3. The van der Waals surface area contributed by atoms with Gasteiger partial charge in [-0.05, 0) is 44.3 Å². The standard InChI is InChI=1S/C17H22N2OS/c20-16(7-6-13-4-2-1-3-5-13)15-12-21-17(19-15)14-8-10-18-11-9-14/h1-5,12,14,16,18,20H,6-11H2. The van der Waals surface area contributed by atoms with Crippen LogP contribution in [-0.2, 0) is 6.42 Å². The highest BCUT2D eigenvalue weighted by Crippen LogP contribution is 2.30. The second-order valence-corrected chi connectivity index (χ2v) is 6.56. The minimum absolute atomic E-state index is 0.447. The number of rotatable bonds is 5. The first-order valence-corrected chi connectivity index (χ1v) is 8.59. The SMILES string of the molecule is OC(CCc1ccccc1)c1csc(C2CCNCC2)n1. The van der Waals surface area contributed by atoms with Gasteiger partial charge in [-0.15, -0.1) is 11.3 Å². The predicted octanol–water partition coefficient (Wildman–Crippen LogP) is 3.28. The molecule has 112 valence electrons. The van der Waals surface area contributed by atoms with E-state index < -0.39 is 6.10 Å². The molecule has 1 unspecified atom stereocenters. The molecule has 2 heterocycles. The number of piperidine rings is 1. The molecule has 1 aromatic carbocycles. The summed E-state index contributed by atoms with van der Waals surface area (Å²) in [6, 6.07) is 10.3. The molecule has 2 aromatic rings. The number of hydrogen-bond donors (Lipinski definition) is 2. The Kier molecular flexibility index (Phi) is 5.01. The molecule has 1 aliphatic rings. The molecule has 1 aliphatic heterocycles. The molecule has 3 nitrogen and oxygen atoms in total. The van der Waals surface area contributed by atoms with Gasteiger partial charge < -0.3 is 10.4 Å². The second kappa shape index (κ2) is 7.16. The van der Waals surface area contributed by atoms with Gasteiger partial charge in [0.25, 0.3) is 0 Å². The lowest BCUT2D eigenvalue weighted by atomic mass is 9.99. The van der Waals surface area contributed by atoms with Crippen molar-refractivity contribution < 1.29 is 5.11 Å². The van der Waals surface area contributed by atoms with Crippen LogP contribution < -0.4 is 5.32 Å². The van der Waals surface area contributed by atoms with Crippen LogP contribution >= 0.6 is 11.3 Å². The number of nitrogens with one attached hydrogen (secondary N) is 1.